The summed E-state index contributed by atoms with van der Waals surface area (Å²) in [5.41, 5.74) is 3.76. The van der Waals surface area contributed by atoms with Crippen molar-refractivity contribution >= 4 is 8.80 Å². The molecule has 3 heteroatoms. The maximum atomic E-state index is 8.35. The highest BCUT2D eigenvalue weighted by Crippen LogP contribution is 2.06. The maximum Gasteiger partial charge on any atom is 0.0645 e. The standard InChI is InChI=1S/C15H21NOSi/c1-18(13-6-12-17-11-5-10-16)14-9-15-7-3-2-4-8-15/h2-4,6-8,13,18H,5,9,11-12,14H2,1H3. The van der Waals surface area contributed by atoms with E-state index in [1.807, 2.05) is 0 Å². The Labute approximate surface area is 112 Å². The number of rotatable bonds is 8. The molecule has 0 fully saturated rings. The highest BCUT2D eigenvalue weighted by Gasteiger charge is 1.99. The molecule has 1 aromatic carbocycles. The highest BCUT2D eigenvalue weighted by atomic mass is 28.3. The van der Waals surface area contributed by atoms with Crippen LogP contribution in [0.25, 0.3) is 0 Å². The normalized spacial score (nSPS) is 12.4. The second-order valence-electron chi connectivity index (χ2n) is 4.41. The number of nitrogens with zero attached hydrogens (tertiary/aromatic N) is 1. The minimum Gasteiger partial charge on any atom is -0.376 e. The SMILES string of the molecule is C[SiH](C=CCOCCC#N)CCc1ccccc1. The van der Waals surface area contributed by atoms with E-state index in [1.165, 1.54) is 18.0 Å². The third-order valence-electron chi connectivity index (χ3n) is 2.77. The van der Waals surface area contributed by atoms with Gasteiger partial charge in [0, 0.05) is 0 Å². The monoisotopic (exact) mass is 259 g/mol. The van der Waals surface area contributed by atoms with Crippen LogP contribution in [-0.4, -0.2) is 22.0 Å². The highest BCUT2D eigenvalue weighted by molar-refractivity contribution is 6.62. The van der Waals surface area contributed by atoms with Crippen molar-refractivity contribution in [2.75, 3.05) is 13.2 Å². The van der Waals surface area contributed by atoms with Crippen molar-refractivity contribution in [2.45, 2.75) is 25.4 Å². The fourth-order valence-electron chi connectivity index (χ4n) is 1.69. The molecule has 1 atom stereocenters. The largest absolute Gasteiger partial charge is 0.376 e. The van der Waals surface area contributed by atoms with Gasteiger partial charge < -0.3 is 4.74 Å². The molecule has 0 aliphatic carbocycles. The van der Waals surface area contributed by atoms with Crippen LogP contribution in [0.5, 0.6) is 0 Å². The zero-order chi connectivity index (χ0) is 13.1. The lowest BCUT2D eigenvalue weighted by Gasteiger charge is -2.04. The van der Waals surface area contributed by atoms with Gasteiger partial charge in [0.05, 0.1) is 34.5 Å². The number of benzene rings is 1. The van der Waals surface area contributed by atoms with Crippen LogP contribution < -0.4 is 0 Å². The van der Waals surface area contributed by atoms with E-state index in [9.17, 15) is 0 Å². The van der Waals surface area contributed by atoms with Crippen molar-refractivity contribution in [1.29, 1.82) is 5.26 Å². The van der Waals surface area contributed by atoms with Crippen molar-refractivity contribution in [1.82, 2.24) is 0 Å². The Hall–Kier alpha value is -1.37. The predicted octanol–water partition coefficient (Wildman–Crippen LogP) is 3.11. The Morgan fingerprint density at radius 3 is 2.83 bits per heavy atom. The van der Waals surface area contributed by atoms with Gasteiger partial charge in [0.15, 0.2) is 0 Å². The molecule has 1 rings (SSSR count). The first kappa shape index (κ1) is 14.7. The second kappa shape index (κ2) is 9.64. The lowest BCUT2D eigenvalue weighted by molar-refractivity contribution is 0.168. The number of ether oxygens (including phenoxy) is 1. The van der Waals surface area contributed by atoms with Crippen LogP contribution in [0.15, 0.2) is 42.1 Å². The molecule has 1 unspecified atom stereocenters. The van der Waals surface area contributed by atoms with Crippen LogP contribution in [0.4, 0.5) is 0 Å². The lowest BCUT2D eigenvalue weighted by atomic mass is 10.2. The first-order valence-electron chi connectivity index (χ1n) is 6.48. The number of nitriles is 1. The van der Waals surface area contributed by atoms with Gasteiger partial charge in [-0.3, -0.25) is 0 Å². The Balaban J connectivity index is 2.12. The predicted molar refractivity (Wildman–Crippen MR) is 78.2 cm³/mol. The van der Waals surface area contributed by atoms with E-state index in [2.05, 4.69) is 54.7 Å². The van der Waals surface area contributed by atoms with Crippen molar-refractivity contribution in [3.05, 3.63) is 47.7 Å². The molecule has 0 aromatic heterocycles. The summed E-state index contributed by atoms with van der Waals surface area (Å²) in [5, 5.41) is 8.35. The molecule has 0 N–H and O–H groups in total. The minimum absolute atomic E-state index is 0.481. The second-order valence-corrected chi connectivity index (χ2v) is 7.33. The van der Waals surface area contributed by atoms with E-state index in [4.69, 9.17) is 10.00 Å². The quantitative estimate of drug-likeness (QED) is 0.531. The van der Waals surface area contributed by atoms with Crippen LogP contribution in [0.2, 0.25) is 12.6 Å². The molecule has 0 radical (unpaired) electrons. The molecular formula is C15H21NOSi. The number of hydrogen-bond donors (Lipinski definition) is 0. The number of aryl methyl sites for hydroxylation is 1. The molecule has 18 heavy (non-hydrogen) atoms. The Bertz CT molecular complexity index is 383. The van der Waals surface area contributed by atoms with E-state index in [1.54, 1.807) is 0 Å². The van der Waals surface area contributed by atoms with Crippen molar-refractivity contribution in [2.24, 2.45) is 0 Å². The number of hydrogen-bond acceptors (Lipinski definition) is 2. The van der Waals surface area contributed by atoms with Crippen LogP contribution in [0, 0.1) is 11.3 Å². The average Bonchev–Trinajstić information content (AvgIpc) is 2.41. The summed E-state index contributed by atoms with van der Waals surface area (Å²) in [7, 11) is -0.756. The van der Waals surface area contributed by atoms with Gasteiger partial charge in [-0.25, -0.2) is 0 Å². The Morgan fingerprint density at radius 1 is 1.33 bits per heavy atom. The smallest absolute Gasteiger partial charge is 0.0645 e. The van der Waals surface area contributed by atoms with E-state index in [0.717, 1.165) is 0 Å². The summed E-state index contributed by atoms with van der Waals surface area (Å²) >= 11 is 0. The summed E-state index contributed by atoms with van der Waals surface area (Å²) in [4.78, 5) is 0. The molecule has 0 aliphatic heterocycles. The molecule has 0 aliphatic rings. The van der Waals surface area contributed by atoms with Crippen LogP contribution in [0.1, 0.15) is 12.0 Å². The Morgan fingerprint density at radius 2 is 2.11 bits per heavy atom. The first-order chi connectivity index (χ1) is 8.83. The molecule has 0 spiro atoms. The molecular weight excluding hydrogens is 238 g/mol. The van der Waals surface area contributed by atoms with Crippen LogP contribution in [-0.2, 0) is 11.2 Å². The molecule has 0 bridgehead atoms. The zero-order valence-corrected chi connectivity index (χ0v) is 12.2. The van der Waals surface area contributed by atoms with E-state index >= 15 is 0 Å². The van der Waals surface area contributed by atoms with Gasteiger partial charge in [0.1, 0.15) is 0 Å². The molecule has 0 saturated carbocycles. The van der Waals surface area contributed by atoms with Gasteiger partial charge in [0.25, 0.3) is 0 Å². The van der Waals surface area contributed by atoms with Crippen molar-refractivity contribution in [3.8, 4) is 6.07 Å². The van der Waals surface area contributed by atoms with Gasteiger partial charge >= 0.3 is 0 Å². The van der Waals surface area contributed by atoms with Crippen molar-refractivity contribution in [3.63, 3.8) is 0 Å². The minimum atomic E-state index is -0.756. The zero-order valence-electron chi connectivity index (χ0n) is 11.0. The topological polar surface area (TPSA) is 33.0 Å². The fourth-order valence-corrected chi connectivity index (χ4v) is 3.25. The van der Waals surface area contributed by atoms with Gasteiger partial charge in [-0.2, -0.15) is 5.26 Å². The summed E-state index contributed by atoms with van der Waals surface area (Å²) in [6.07, 6.45) is 3.77. The lowest BCUT2D eigenvalue weighted by Crippen LogP contribution is -2.05. The van der Waals surface area contributed by atoms with Crippen molar-refractivity contribution < 1.29 is 4.74 Å². The third-order valence-corrected chi connectivity index (χ3v) is 4.90. The van der Waals surface area contributed by atoms with E-state index in [-0.39, 0.29) is 0 Å². The van der Waals surface area contributed by atoms with Gasteiger partial charge in [-0.1, -0.05) is 54.7 Å². The molecule has 0 saturated heterocycles. The van der Waals surface area contributed by atoms with Gasteiger partial charge in [-0.05, 0) is 12.0 Å². The fraction of sp³-hybridized carbons (Fsp3) is 0.400. The summed E-state index contributed by atoms with van der Waals surface area (Å²) in [6, 6.07) is 14.0. The molecule has 2 nitrogen and oxygen atoms in total. The molecule has 96 valence electrons. The summed E-state index contributed by atoms with van der Waals surface area (Å²) < 4.78 is 5.30. The molecule has 0 amide bonds. The molecule has 1 aromatic rings. The Kier molecular flexibility index (Phi) is 7.86. The third kappa shape index (κ3) is 7.05. The van der Waals surface area contributed by atoms with Gasteiger partial charge in [-0.15, -0.1) is 0 Å². The van der Waals surface area contributed by atoms with Crippen LogP contribution >= 0.6 is 0 Å². The van der Waals surface area contributed by atoms with Gasteiger partial charge in [0.2, 0.25) is 0 Å². The first-order valence-corrected chi connectivity index (χ1v) is 9.12. The van der Waals surface area contributed by atoms with E-state index < -0.39 is 8.80 Å². The average molecular weight is 259 g/mol. The summed E-state index contributed by atoms with van der Waals surface area (Å²) in [5.74, 6) is 0. The summed E-state index contributed by atoms with van der Waals surface area (Å²) in [6.45, 7) is 3.54. The maximum absolute atomic E-state index is 8.35. The molecule has 0 heterocycles. The van der Waals surface area contributed by atoms with E-state index in [0.29, 0.717) is 19.6 Å². The van der Waals surface area contributed by atoms with Crippen LogP contribution in [0.3, 0.4) is 0 Å².